The van der Waals surface area contributed by atoms with Gasteiger partial charge in [0.05, 0.1) is 19.8 Å². The molecule has 0 bridgehead atoms. The first kappa shape index (κ1) is 21.8. The van der Waals surface area contributed by atoms with E-state index in [-0.39, 0.29) is 11.6 Å². The number of pyridine rings is 2. The molecule has 174 valence electrons. The molecule has 1 N–H and O–H groups in total. The van der Waals surface area contributed by atoms with Gasteiger partial charge in [-0.1, -0.05) is 12.8 Å². The molecule has 0 spiro atoms. The molecule has 1 saturated carbocycles. The van der Waals surface area contributed by atoms with Gasteiger partial charge < -0.3 is 14.8 Å². The Labute approximate surface area is 196 Å². The highest BCUT2D eigenvalue weighted by molar-refractivity contribution is 5.81. The highest BCUT2D eigenvalue weighted by atomic mass is 16.5. The van der Waals surface area contributed by atoms with E-state index in [1.54, 1.807) is 37.2 Å². The van der Waals surface area contributed by atoms with Crippen molar-refractivity contribution >= 4 is 22.8 Å². The fraction of sp³-hybridized carbons (Fsp3) is 0.320. The van der Waals surface area contributed by atoms with Crippen molar-refractivity contribution in [1.29, 1.82) is 0 Å². The summed E-state index contributed by atoms with van der Waals surface area (Å²) >= 11 is 0. The highest BCUT2D eigenvalue weighted by Crippen LogP contribution is 2.36. The minimum absolute atomic E-state index is 0.0632. The Morgan fingerprint density at radius 2 is 1.76 bits per heavy atom. The Morgan fingerprint density at radius 1 is 1.00 bits per heavy atom. The van der Waals surface area contributed by atoms with Crippen molar-refractivity contribution in [3.05, 3.63) is 58.6 Å². The van der Waals surface area contributed by atoms with Crippen LogP contribution in [-0.2, 0) is 0 Å². The molecule has 0 unspecified atom stereocenters. The lowest BCUT2D eigenvalue weighted by Crippen LogP contribution is -2.26. The number of aromatic nitrogens is 5. The first-order valence-corrected chi connectivity index (χ1v) is 11.3. The standard InChI is InChI=1S/C25H26N6O3/c1-15-19(12-18(33-2)13-22(15)34-3)20-14-21-23(31(24(20)32)17-6-4-5-7-17)28-25(30-29-21)27-16-8-10-26-11-9-16/h8-14,17H,4-7H2,1-3H3,(H,26,27,28,30). The molecule has 3 aromatic heterocycles. The van der Waals surface area contributed by atoms with E-state index in [0.717, 1.165) is 42.5 Å². The second-order valence-corrected chi connectivity index (χ2v) is 8.38. The summed E-state index contributed by atoms with van der Waals surface area (Å²) in [6.07, 6.45) is 7.38. The summed E-state index contributed by atoms with van der Waals surface area (Å²) in [4.78, 5) is 22.7. The predicted molar refractivity (Wildman–Crippen MR) is 130 cm³/mol. The van der Waals surface area contributed by atoms with Gasteiger partial charge in [0.15, 0.2) is 5.65 Å². The molecule has 4 aromatic rings. The minimum Gasteiger partial charge on any atom is -0.497 e. The van der Waals surface area contributed by atoms with Gasteiger partial charge >= 0.3 is 0 Å². The summed E-state index contributed by atoms with van der Waals surface area (Å²) in [5.74, 6) is 1.60. The summed E-state index contributed by atoms with van der Waals surface area (Å²) in [6, 6.07) is 9.14. The van der Waals surface area contributed by atoms with Crippen LogP contribution in [0.3, 0.4) is 0 Å². The van der Waals surface area contributed by atoms with Gasteiger partial charge in [-0.15, -0.1) is 10.2 Å². The molecule has 0 radical (unpaired) electrons. The number of fused-ring (bicyclic) bond motifs is 1. The van der Waals surface area contributed by atoms with Crippen molar-refractivity contribution in [2.75, 3.05) is 19.5 Å². The van der Waals surface area contributed by atoms with Gasteiger partial charge in [-0.3, -0.25) is 14.3 Å². The summed E-state index contributed by atoms with van der Waals surface area (Å²) < 4.78 is 12.8. The van der Waals surface area contributed by atoms with Crippen LogP contribution in [0.4, 0.5) is 11.6 Å². The zero-order valence-corrected chi connectivity index (χ0v) is 19.4. The second kappa shape index (κ2) is 9.09. The van der Waals surface area contributed by atoms with Gasteiger partial charge in [0.2, 0.25) is 5.95 Å². The lowest BCUT2D eigenvalue weighted by atomic mass is 9.99. The van der Waals surface area contributed by atoms with Crippen molar-refractivity contribution in [3.63, 3.8) is 0 Å². The van der Waals surface area contributed by atoms with Gasteiger partial charge in [0, 0.05) is 30.2 Å². The van der Waals surface area contributed by atoms with E-state index in [1.807, 2.05) is 31.2 Å². The van der Waals surface area contributed by atoms with Crippen LogP contribution in [0.5, 0.6) is 11.5 Å². The van der Waals surface area contributed by atoms with Crippen LogP contribution in [0.1, 0.15) is 37.3 Å². The molecular weight excluding hydrogens is 432 g/mol. The fourth-order valence-corrected chi connectivity index (χ4v) is 4.60. The molecule has 0 atom stereocenters. The number of nitrogens with one attached hydrogen (secondary N) is 1. The van der Waals surface area contributed by atoms with Gasteiger partial charge in [-0.2, -0.15) is 4.98 Å². The molecule has 1 fully saturated rings. The van der Waals surface area contributed by atoms with E-state index in [2.05, 4.69) is 20.5 Å². The van der Waals surface area contributed by atoms with Gasteiger partial charge in [-0.05, 0) is 55.2 Å². The Bertz CT molecular complexity index is 1400. The number of anilines is 2. The van der Waals surface area contributed by atoms with E-state index in [0.29, 0.717) is 34.2 Å². The van der Waals surface area contributed by atoms with Crippen molar-refractivity contribution in [1.82, 2.24) is 24.7 Å². The van der Waals surface area contributed by atoms with Crippen LogP contribution >= 0.6 is 0 Å². The van der Waals surface area contributed by atoms with Crippen LogP contribution in [0.2, 0.25) is 0 Å². The minimum atomic E-state index is -0.104. The van der Waals surface area contributed by atoms with Crippen LogP contribution < -0.4 is 20.3 Å². The van der Waals surface area contributed by atoms with E-state index in [9.17, 15) is 4.79 Å². The molecular formula is C25H26N6O3. The molecule has 0 aliphatic heterocycles. The zero-order valence-electron chi connectivity index (χ0n) is 19.4. The normalized spacial score (nSPS) is 13.9. The third-order valence-electron chi connectivity index (χ3n) is 6.36. The van der Waals surface area contributed by atoms with Gasteiger partial charge in [0.1, 0.15) is 17.0 Å². The molecule has 5 rings (SSSR count). The molecule has 9 heteroatoms. The first-order chi connectivity index (χ1) is 16.6. The maximum absolute atomic E-state index is 14.0. The summed E-state index contributed by atoms with van der Waals surface area (Å²) in [7, 11) is 3.20. The fourth-order valence-electron chi connectivity index (χ4n) is 4.60. The van der Waals surface area contributed by atoms with Gasteiger partial charge in [-0.25, -0.2) is 0 Å². The van der Waals surface area contributed by atoms with Crippen LogP contribution in [0.15, 0.2) is 47.5 Å². The topological polar surface area (TPSA) is 104 Å². The average Bonchev–Trinajstić information content (AvgIpc) is 3.39. The third-order valence-corrected chi connectivity index (χ3v) is 6.36. The number of nitrogens with zero attached hydrogens (tertiary/aromatic N) is 5. The SMILES string of the molecule is COc1cc(OC)c(C)c(-c2cc3nnc(Nc4ccncc4)nc3n(C3CCCC3)c2=O)c1. The molecule has 9 nitrogen and oxygen atoms in total. The Morgan fingerprint density at radius 3 is 2.47 bits per heavy atom. The number of benzene rings is 1. The van der Waals surface area contributed by atoms with Gasteiger partial charge in [0.25, 0.3) is 5.56 Å². The number of hydrogen-bond donors (Lipinski definition) is 1. The molecule has 3 heterocycles. The average molecular weight is 459 g/mol. The lowest BCUT2D eigenvalue weighted by Gasteiger charge is -2.19. The highest BCUT2D eigenvalue weighted by Gasteiger charge is 2.25. The molecule has 34 heavy (non-hydrogen) atoms. The Hall–Kier alpha value is -4.01. The van der Waals surface area contributed by atoms with Crippen LogP contribution in [-0.4, -0.2) is 39.0 Å². The first-order valence-electron chi connectivity index (χ1n) is 11.3. The lowest BCUT2D eigenvalue weighted by molar-refractivity contribution is 0.392. The van der Waals surface area contributed by atoms with E-state index >= 15 is 0 Å². The quantitative estimate of drug-likeness (QED) is 0.452. The largest absolute Gasteiger partial charge is 0.497 e. The number of methoxy groups -OCH3 is 2. The number of ether oxygens (including phenoxy) is 2. The maximum Gasteiger partial charge on any atom is 0.260 e. The van der Waals surface area contributed by atoms with E-state index in [1.165, 1.54) is 0 Å². The third kappa shape index (κ3) is 3.93. The van der Waals surface area contributed by atoms with Crippen molar-refractivity contribution < 1.29 is 9.47 Å². The molecule has 1 aromatic carbocycles. The van der Waals surface area contributed by atoms with Crippen molar-refractivity contribution in [2.45, 2.75) is 38.6 Å². The van der Waals surface area contributed by atoms with E-state index in [4.69, 9.17) is 14.5 Å². The van der Waals surface area contributed by atoms with E-state index < -0.39 is 0 Å². The van der Waals surface area contributed by atoms with Crippen molar-refractivity contribution in [3.8, 4) is 22.6 Å². The number of rotatable bonds is 6. The smallest absolute Gasteiger partial charge is 0.260 e. The van der Waals surface area contributed by atoms with Crippen LogP contribution in [0, 0.1) is 6.92 Å². The summed E-state index contributed by atoms with van der Waals surface area (Å²) in [5.41, 5.74) is 3.91. The summed E-state index contributed by atoms with van der Waals surface area (Å²) in [5, 5.41) is 11.9. The zero-order chi connectivity index (χ0) is 23.7. The van der Waals surface area contributed by atoms with Crippen LogP contribution in [0.25, 0.3) is 22.3 Å². The predicted octanol–water partition coefficient (Wildman–Crippen LogP) is 4.43. The molecule has 1 aliphatic carbocycles. The molecule has 0 amide bonds. The van der Waals surface area contributed by atoms with Crippen molar-refractivity contribution in [2.24, 2.45) is 0 Å². The summed E-state index contributed by atoms with van der Waals surface area (Å²) in [6.45, 7) is 1.93. The second-order valence-electron chi connectivity index (χ2n) is 8.38. The Balaban J connectivity index is 1.72. The number of hydrogen-bond acceptors (Lipinski definition) is 8. The molecule has 0 saturated heterocycles. The maximum atomic E-state index is 14.0. The molecule has 1 aliphatic rings. The monoisotopic (exact) mass is 458 g/mol. The Kier molecular flexibility index (Phi) is 5.83.